The predicted octanol–water partition coefficient (Wildman–Crippen LogP) is 0.853. The van der Waals surface area contributed by atoms with E-state index in [1.807, 2.05) is 6.92 Å². The quantitative estimate of drug-likeness (QED) is 0.593. The molecule has 0 aliphatic rings. The Hall–Kier alpha value is -0.0800. The molecule has 4 N–H and O–H groups in total. The lowest BCUT2D eigenvalue weighted by Gasteiger charge is -2.21. The molecule has 0 aromatic carbocycles. The first-order chi connectivity index (χ1) is 4.12. The Labute approximate surface area is 57.6 Å². The first-order valence-electron chi connectivity index (χ1n) is 3.61. The zero-order chi connectivity index (χ0) is 7.33. The van der Waals surface area contributed by atoms with Crippen LogP contribution in [0.3, 0.4) is 0 Å². The van der Waals surface area contributed by atoms with Crippen LogP contribution in [-0.2, 0) is 0 Å². The fourth-order valence-corrected chi connectivity index (χ4v) is 0.683. The van der Waals surface area contributed by atoms with Crippen molar-refractivity contribution in [3.8, 4) is 0 Å². The third kappa shape index (κ3) is 4.43. The monoisotopic (exact) mass is 130 g/mol. The maximum absolute atomic E-state index is 5.78. The van der Waals surface area contributed by atoms with E-state index in [4.69, 9.17) is 11.5 Å². The number of hydrogen-bond acceptors (Lipinski definition) is 2. The second kappa shape index (κ2) is 3.85. The Morgan fingerprint density at radius 1 is 1.44 bits per heavy atom. The van der Waals surface area contributed by atoms with Crippen molar-refractivity contribution >= 4 is 0 Å². The summed E-state index contributed by atoms with van der Waals surface area (Å²) in [7, 11) is 0. The average molecular weight is 130 g/mol. The number of unbranched alkanes of at least 4 members (excludes halogenated alkanes) is 1. The van der Waals surface area contributed by atoms with Crippen LogP contribution in [0, 0.1) is 0 Å². The second-order valence-corrected chi connectivity index (χ2v) is 2.96. The lowest BCUT2D eigenvalue weighted by atomic mass is 9.97. The zero-order valence-corrected chi connectivity index (χ0v) is 6.48. The Morgan fingerprint density at radius 2 is 2.00 bits per heavy atom. The highest BCUT2D eigenvalue weighted by molar-refractivity contribution is 4.78. The fraction of sp³-hybridized carbons (Fsp3) is 1.00. The molecule has 0 radical (unpaired) electrons. The minimum Gasteiger partial charge on any atom is -0.329 e. The molecule has 2 heteroatoms. The predicted molar refractivity (Wildman–Crippen MR) is 41.2 cm³/mol. The summed E-state index contributed by atoms with van der Waals surface area (Å²) in [6.07, 6.45) is 3.43. The molecule has 0 fully saturated rings. The molecule has 2 nitrogen and oxygen atoms in total. The van der Waals surface area contributed by atoms with Crippen LogP contribution in [0.5, 0.6) is 0 Å². The summed E-state index contributed by atoms with van der Waals surface area (Å²) in [6, 6.07) is 0. The van der Waals surface area contributed by atoms with E-state index < -0.39 is 0 Å². The Morgan fingerprint density at radius 3 is 2.33 bits per heavy atom. The van der Waals surface area contributed by atoms with Gasteiger partial charge in [-0.2, -0.15) is 0 Å². The molecule has 0 aliphatic heterocycles. The van der Waals surface area contributed by atoms with E-state index in [1.54, 1.807) is 0 Å². The van der Waals surface area contributed by atoms with E-state index in [2.05, 4.69) is 6.92 Å². The van der Waals surface area contributed by atoms with Gasteiger partial charge in [0.05, 0.1) is 0 Å². The average Bonchev–Trinajstić information content (AvgIpc) is 1.84. The largest absolute Gasteiger partial charge is 0.329 e. The smallest absolute Gasteiger partial charge is 0.0249 e. The van der Waals surface area contributed by atoms with Crippen molar-refractivity contribution in [3.63, 3.8) is 0 Å². The van der Waals surface area contributed by atoms with Gasteiger partial charge in [-0.15, -0.1) is 0 Å². The van der Waals surface area contributed by atoms with Crippen LogP contribution in [0.15, 0.2) is 0 Å². The van der Waals surface area contributed by atoms with Crippen LogP contribution in [0.2, 0.25) is 0 Å². The van der Waals surface area contributed by atoms with Gasteiger partial charge in [-0.3, -0.25) is 0 Å². The van der Waals surface area contributed by atoms with Crippen molar-refractivity contribution in [2.24, 2.45) is 11.5 Å². The van der Waals surface area contributed by atoms with Crippen LogP contribution >= 0.6 is 0 Å². The summed E-state index contributed by atoms with van der Waals surface area (Å²) in [5, 5.41) is 0. The Kier molecular flexibility index (Phi) is 3.82. The van der Waals surface area contributed by atoms with Crippen LogP contribution in [-0.4, -0.2) is 12.1 Å². The van der Waals surface area contributed by atoms with Gasteiger partial charge in [0.15, 0.2) is 0 Å². The minimum atomic E-state index is -0.129. The molecular weight excluding hydrogens is 112 g/mol. The van der Waals surface area contributed by atoms with Gasteiger partial charge in [0.1, 0.15) is 0 Å². The molecule has 0 bridgehead atoms. The topological polar surface area (TPSA) is 52.0 Å². The second-order valence-electron chi connectivity index (χ2n) is 2.96. The normalized spacial score (nSPS) is 17.3. The number of hydrogen-bond donors (Lipinski definition) is 2. The molecule has 0 aliphatic carbocycles. The minimum absolute atomic E-state index is 0.129. The first kappa shape index (κ1) is 8.92. The lowest BCUT2D eigenvalue weighted by molar-refractivity contribution is 0.426. The van der Waals surface area contributed by atoms with E-state index in [0.29, 0.717) is 6.54 Å². The number of nitrogens with two attached hydrogens (primary N) is 2. The molecular formula is C7H18N2. The van der Waals surface area contributed by atoms with E-state index >= 15 is 0 Å². The highest BCUT2D eigenvalue weighted by Crippen LogP contribution is 2.07. The molecule has 0 saturated heterocycles. The van der Waals surface area contributed by atoms with Crippen molar-refractivity contribution in [3.05, 3.63) is 0 Å². The molecule has 1 atom stereocenters. The Bertz CT molecular complexity index is 69.3. The van der Waals surface area contributed by atoms with E-state index in [0.717, 1.165) is 6.42 Å². The SMILES string of the molecule is CCCCC(C)(N)CN. The molecule has 9 heavy (non-hydrogen) atoms. The van der Waals surface area contributed by atoms with Gasteiger partial charge in [-0.25, -0.2) is 0 Å². The van der Waals surface area contributed by atoms with E-state index in [-0.39, 0.29) is 5.54 Å². The Balaban J connectivity index is 3.33. The van der Waals surface area contributed by atoms with Gasteiger partial charge in [-0.1, -0.05) is 19.8 Å². The third-order valence-corrected chi connectivity index (χ3v) is 1.57. The van der Waals surface area contributed by atoms with Crippen molar-refractivity contribution in [2.75, 3.05) is 6.54 Å². The number of rotatable bonds is 4. The third-order valence-electron chi connectivity index (χ3n) is 1.57. The van der Waals surface area contributed by atoms with Crippen molar-refractivity contribution in [1.82, 2.24) is 0 Å². The van der Waals surface area contributed by atoms with Gasteiger partial charge in [0.25, 0.3) is 0 Å². The van der Waals surface area contributed by atoms with Crippen molar-refractivity contribution in [2.45, 2.75) is 38.6 Å². The van der Waals surface area contributed by atoms with Crippen LogP contribution in [0.25, 0.3) is 0 Å². The van der Waals surface area contributed by atoms with Crippen molar-refractivity contribution < 1.29 is 0 Å². The lowest BCUT2D eigenvalue weighted by Crippen LogP contribution is -2.43. The van der Waals surface area contributed by atoms with Gasteiger partial charge in [0, 0.05) is 12.1 Å². The van der Waals surface area contributed by atoms with Gasteiger partial charge >= 0.3 is 0 Å². The molecule has 0 aromatic rings. The first-order valence-corrected chi connectivity index (χ1v) is 3.61. The zero-order valence-electron chi connectivity index (χ0n) is 6.48. The molecule has 0 amide bonds. The summed E-state index contributed by atoms with van der Waals surface area (Å²) in [4.78, 5) is 0. The fourth-order valence-electron chi connectivity index (χ4n) is 0.683. The highest BCUT2D eigenvalue weighted by atomic mass is 14.8. The molecule has 1 unspecified atom stereocenters. The van der Waals surface area contributed by atoms with Crippen molar-refractivity contribution in [1.29, 1.82) is 0 Å². The maximum Gasteiger partial charge on any atom is 0.0249 e. The maximum atomic E-state index is 5.78. The standard InChI is InChI=1S/C7H18N2/c1-3-4-5-7(2,9)6-8/h3-6,8-9H2,1-2H3. The molecule has 56 valence electrons. The van der Waals surface area contributed by atoms with Gasteiger partial charge in [-0.05, 0) is 13.3 Å². The van der Waals surface area contributed by atoms with Crippen LogP contribution < -0.4 is 11.5 Å². The summed E-state index contributed by atoms with van der Waals surface area (Å²) in [5.74, 6) is 0. The van der Waals surface area contributed by atoms with E-state index in [1.165, 1.54) is 12.8 Å². The summed E-state index contributed by atoms with van der Waals surface area (Å²) < 4.78 is 0. The molecule has 0 aromatic heterocycles. The summed E-state index contributed by atoms with van der Waals surface area (Å²) in [5.41, 5.74) is 11.1. The molecule has 0 saturated carbocycles. The molecule has 0 spiro atoms. The van der Waals surface area contributed by atoms with E-state index in [9.17, 15) is 0 Å². The molecule has 0 heterocycles. The van der Waals surface area contributed by atoms with Crippen LogP contribution in [0.1, 0.15) is 33.1 Å². The molecule has 0 rings (SSSR count). The summed E-state index contributed by atoms with van der Waals surface area (Å²) in [6.45, 7) is 4.75. The van der Waals surface area contributed by atoms with Gasteiger partial charge in [0.2, 0.25) is 0 Å². The van der Waals surface area contributed by atoms with Gasteiger partial charge < -0.3 is 11.5 Å². The van der Waals surface area contributed by atoms with Crippen LogP contribution in [0.4, 0.5) is 0 Å². The highest BCUT2D eigenvalue weighted by Gasteiger charge is 2.13. The summed E-state index contributed by atoms with van der Waals surface area (Å²) >= 11 is 0.